The van der Waals surface area contributed by atoms with Gasteiger partial charge < -0.3 is 41.9 Å². The summed E-state index contributed by atoms with van der Waals surface area (Å²) in [5.41, 5.74) is 4.26. The lowest BCUT2D eigenvalue weighted by Gasteiger charge is -2.44. The van der Waals surface area contributed by atoms with Crippen molar-refractivity contribution in [3.8, 4) is 5.75 Å². The first-order chi connectivity index (χ1) is 20.5. The van der Waals surface area contributed by atoms with Crippen molar-refractivity contribution >= 4 is 56.8 Å². The summed E-state index contributed by atoms with van der Waals surface area (Å²) in [5.74, 6) is -4.42. The molecule has 1 aromatic heterocycles. The zero-order valence-electron chi connectivity index (χ0n) is 23.1. The molecule has 9 N–H and O–H groups in total. The number of urea groups is 1. The van der Waals surface area contributed by atoms with E-state index in [1.807, 2.05) is 0 Å². The number of carbonyl (C=O) groups excluding carboxylic acids is 3. The van der Waals surface area contributed by atoms with Crippen LogP contribution >= 0.6 is 11.8 Å². The number of thioether (sulfide) groups is 1. The molecule has 44 heavy (non-hydrogen) atoms. The van der Waals surface area contributed by atoms with Gasteiger partial charge in [-0.3, -0.25) is 23.9 Å². The van der Waals surface area contributed by atoms with Crippen LogP contribution < -0.4 is 27.1 Å². The second kappa shape index (κ2) is 13.8. The molecule has 22 heteroatoms. The molecule has 2 aliphatic heterocycles. The topological polar surface area (TPSA) is 305 Å². The van der Waals surface area contributed by atoms with Crippen LogP contribution in [0, 0.1) is 5.92 Å². The average molecular weight is 663 g/mol. The Morgan fingerprint density at radius 1 is 1.27 bits per heavy atom. The lowest BCUT2D eigenvalue weighted by atomic mass is 9.98. The minimum atomic E-state index is -5.13. The molecular formula is C22H30N8O12S2. The highest BCUT2D eigenvalue weighted by atomic mass is 32.2. The lowest BCUT2D eigenvalue weighted by Crippen LogP contribution is -2.75. The number of oxime groups is 1. The van der Waals surface area contributed by atoms with Crippen molar-refractivity contribution in [2.24, 2.45) is 21.8 Å². The Kier molecular flexibility index (Phi) is 10.7. The summed E-state index contributed by atoms with van der Waals surface area (Å²) >= 11 is 1.07. The molecule has 0 radical (unpaired) electrons. The Morgan fingerprint density at radius 3 is 2.52 bits per heavy atom. The van der Waals surface area contributed by atoms with E-state index in [0.717, 1.165) is 17.8 Å². The van der Waals surface area contributed by atoms with Crippen molar-refractivity contribution < 1.29 is 52.4 Å². The first-order valence-corrected chi connectivity index (χ1v) is 15.1. The van der Waals surface area contributed by atoms with Crippen LogP contribution in [0.25, 0.3) is 0 Å². The molecule has 0 spiro atoms. The number of nitrogens with zero attached hydrogens (tertiary/aromatic N) is 4. The number of amidine groups is 1. The molecular weight excluding hydrogens is 632 g/mol. The molecule has 0 aliphatic carbocycles. The Hall–Kier alpha value is -4.57. The lowest BCUT2D eigenvalue weighted by molar-refractivity contribution is -0.151. The summed E-state index contributed by atoms with van der Waals surface area (Å²) in [6.07, 6.45) is -0.680. The van der Waals surface area contributed by atoms with E-state index >= 15 is 0 Å². The molecule has 0 bridgehead atoms. The van der Waals surface area contributed by atoms with Gasteiger partial charge in [0.2, 0.25) is 11.5 Å². The Bertz CT molecular complexity index is 1540. The number of hydrogen-bond acceptors (Lipinski definition) is 14. The summed E-state index contributed by atoms with van der Waals surface area (Å²) in [4.78, 5) is 70.5. The molecule has 1 saturated heterocycles. The fourth-order valence-corrected chi connectivity index (χ4v) is 5.66. The number of nitrogens with one attached hydrogen (secondary N) is 3. The number of nitrogens with two attached hydrogens (primary N) is 1. The van der Waals surface area contributed by atoms with Gasteiger partial charge in [-0.25, -0.2) is 13.9 Å². The smallest absolute Gasteiger partial charge is 0.362 e. The standard InChI is InChI=1S/C22H30N8O12S2/c1-9(2)3-15(20(35)36)42-28-16(11-8-43-21(23)26-11)18(33)27-17-12(30(19(17)34)44(39,40)41)6-25-22(37)24-5-10-4-13(31)14(32)7-29(10)38/h4,7,9,11-12,15,17,32,38H,3,5-6,8H2,1-2H3,(H2,23,26)(H,27,33)(H,35,36)(H2,24,25,37)(H,39,40,41)/b28-16-/t11?,12-,15+,17+/m1/s1. The van der Waals surface area contributed by atoms with E-state index in [0.29, 0.717) is 10.9 Å². The molecule has 1 fully saturated rings. The van der Waals surface area contributed by atoms with Crippen LogP contribution in [0.4, 0.5) is 4.79 Å². The normalized spacial score (nSPS) is 20.9. The minimum Gasteiger partial charge on any atom is -0.503 e. The molecule has 242 valence electrons. The van der Waals surface area contributed by atoms with E-state index in [9.17, 15) is 52.4 Å². The fraction of sp³-hybridized carbons (Fsp3) is 0.500. The largest absolute Gasteiger partial charge is 0.503 e. The quantitative estimate of drug-likeness (QED) is 0.0353. The number of aliphatic carboxylic acids is 1. The summed E-state index contributed by atoms with van der Waals surface area (Å²) < 4.78 is 33.6. The molecule has 3 heterocycles. The third-order valence-electron chi connectivity index (χ3n) is 6.15. The Balaban J connectivity index is 1.75. The maximum Gasteiger partial charge on any atom is 0.362 e. The number of amides is 4. The maximum atomic E-state index is 13.2. The minimum absolute atomic E-state index is 0.0293. The van der Waals surface area contributed by atoms with Gasteiger partial charge in [-0.05, 0) is 5.92 Å². The number of carboxylic acids is 1. The number of carbonyl (C=O) groups is 4. The van der Waals surface area contributed by atoms with Gasteiger partial charge in [0.1, 0.15) is 12.1 Å². The first kappa shape index (κ1) is 33.9. The van der Waals surface area contributed by atoms with E-state index < -0.39 is 88.3 Å². The molecule has 0 aromatic carbocycles. The summed E-state index contributed by atoms with van der Waals surface area (Å²) in [6, 6.07) is -4.28. The zero-order valence-corrected chi connectivity index (χ0v) is 24.7. The van der Waals surface area contributed by atoms with Crippen LogP contribution in [0.3, 0.4) is 0 Å². The molecule has 20 nitrogen and oxygen atoms in total. The predicted molar refractivity (Wildman–Crippen MR) is 151 cm³/mol. The van der Waals surface area contributed by atoms with Crippen LogP contribution in [0.15, 0.2) is 27.2 Å². The van der Waals surface area contributed by atoms with Crippen molar-refractivity contribution in [1.29, 1.82) is 0 Å². The number of hydrogen-bond donors (Lipinski definition) is 8. The molecule has 3 rings (SSSR count). The third-order valence-corrected chi connectivity index (χ3v) is 7.99. The van der Waals surface area contributed by atoms with Gasteiger partial charge in [0.15, 0.2) is 16.6 Å². The van der Waals surface area contributed by atoms with Crippen LogP contribution in [-0.4, -0.2) is 109 Å². The van der Waals surface area contributed by atoms with Gasteiger partial charge in [-0.15, -0.1) is 0 Å². The van der Waals surface area contributed by atoms with Gasteiger partial charge in [0, 0.05) is 24.8 Å². The molecule has 4 amide bonds. The van der Waals surface area contributed by atoms with E-state index in [1.165, 1.54) is 0 Å². The van der Waals surface area contributed by atoms with Crippen LogP contribution in [-0.2, 0) is 36.1 Å². The van der Waals surface area contributed by atoms with Gasteiger partial charge in [-0.2, -0.15) is 13.1 Å². The average Bonchev–Trinajstić information content (AvgIpc) is 3.34. The SMILES string of the molecule is CC(C)C[C@H](O/N=C(\C(=O)N[C@@H]1C(=O)N(S(=O)(=O)O)[C@@H]1CNC(=O)NCc1cc(=O)c(O)cn1O)C1CSC(N)=N1)C(=O)O. The summed E-state index contributed by atoms with van der Waals surface area (Å²) in [5, 5.41) is 39.0. The number of aliphatic imine (C=N–C) groups is 1. The number of β-lactam (4-membered cyclic amide) rings is 1. The highest BCUT2D eigenvalue weighted by Crippen LogP contribution is 2.24. The van der Waals surface area contributed by atoms with Gasteiger partial charge >= 0.3 is 22.3 Å². The van der Waals surface area contributed by atoms with E-state index in [-0.39, 0.29) is 33.3 Å². The monoisotopic (exact) mass is 662 g/mol. The number of aromatic hydroxyl groups is 1. The number of carboxylic acid groups (broad SMARTS) is 1. The van der Waals surface area contributed by atoms with Gasteiger partial charge in [0.05, 0.1) is 24.5 Å². The summed E-state index contributed by atoms with van der Waals surface area (Å²) in [7, 11) is -5.13. The molecule has 1 aromatic rings. The predicted octanol–water partition coefficient (Wildman–Crippen LogP) is -2.61. The van der Waals surface area contributed by atoms with E-state index in [4.69, 9.17) is 10.6 Å². The molecule has 4 atom stereocenters. The first-order valence-electron chi connectivity index (χ1n) is 12.7. The summed E-state index contributed by atoms with van der Waals surface area (Å²) in [6.45, 7) is 2.42. The van der Waals surface area contributed by atoms with Crippen LogP contribution in [0.5, 0.6) is 5.75 Å². The van der Waals surface area contributed by atoms with E-state index in [1.54, 1.807) is 13.8 Å². The van der Waals surface area contributed by atoms with Crippen molar-refractivity contribution in [3.05, 3.63) is 28.2 Å². The highest BCUT2D eigenvalue weighted by Gasteiger charge is 2.54. The second-order valence-electron chi connectivity index (χ2n) is 9.89. The van der Waals surface area contributed by atoms with Crippen molar-refractivity contribution in [1.82, 2.24) is 25.0 Å². The van der Waals surface area contributed by atoms with Crippen LogP contribution in [0.1, 0.15) is 26.0 Å². The van der Waals surface area contributed by atoms with Crippen LogP contribution in [0.2, 0.25) is 0 Å². The highest BCUT2D eigenvalue weighted by molar-refractivity contribution is 8.14. The molecule has 2 aliphatic rings. The Morgan fingerprint density at radius 2 is 1.95 bits per heavy atom. The molecule has 0 saturated carbocycles. The van der Waals surface area contributed by atoms with Crippen molar-refractivity contribution in [3.63, 3.8) is 0 Å². The van der Waals surface area contributed by atoms with Crippen molar-refractivity contribution in [2.45, 2.75) is 51.0 Å². The zero-order chi connectivity index (χ0) is 32.9. The Labute approximate surface area is 253 Å². The molecule has 1 unspecified atom stereocenters. The second-order valence-corrected chi connectivity index (χ2v) is 12.2. The van der Waals surface area contributed by atoms with E-state index in [2.05, 4.69) is 26.1 Å². The number of pyridine rings is 1. The number of aromatic nitrogens is 1. The fourth-order valence-electron chi connectivity index (χ4n) is 4.02. The van der Waals surface area contributed by atoms with Gasteiger partial charge in [0.25, 0.3) is 11.8 Å². The number of rotatable bonds is 13. The van der Waals surface area contributed by atoms with Gasteiger partial charge in [-0.1, -0.05) is 30.8 Å². The van der Waals surface area contributed by atoms with Crippen molar-refractivity contribution in [2.75, 3.05) is 12.3 Å². The maximum absolute atomic E-state index is 13.2. The third kappa shape index (κ3) is 8.29.